The Hall–Kier alpha value is -1.51. The van der Waals surface area contributed by atoms with E-state index in [-0.39, 0.29) is 19.0 Å². The van der Waals surface area contributed by atoms with Crippen LogP contribution in [0.5, 0.6) is 5.75 Å². The predicted octanol–water partition coefficient (Wildman–Crippen LogP) is 0.844. The summed E-state index contributed by atoms with van der Waals surface area (Å²) in [5.74, 6) is 6.33. The lowest BCUT2D eigenvalue weighted by molar-refractivity contribution is 0.305. The van der Waals surface area contributed by atoms with Crippen molar-refractivity contribution in [3.63, 3.8) is 0 Å². The highest BCUT2D eigenvalue weighted by molar-refractivity contribution is 7.90. The molecule has 1 aromatic rings. The van der Waals surface area contributed by atoms with Gasteiger partial charge in [-0.05, 0) is 24.3 Å². The normalized spacial score (nSPS) is 10.6. The van der Waals surface area contributed by atoms with E-state index in [2.05, 4.69) is 11.8 Å². The summed E-state index contributed by atoms with van der Waals surface area (Å²) in [4.78, 5) is 0. The maximum absolute atomic E-state index is 10.9. The van der Waals surface area contributed by atoms with Gasteiger partial charge < -0.3 is 9.84 Å². The van der Waals surface area contributed by atoms with Crippen LogP contribution in [0.1, 0.15) is 12.0 Å². The van der Waals surface area contributed by atoms with Gasteiger partial charge in [0.05, 0.1) is 12.4 Å². The summed E-state index contributed by atoms with van der Waals surface area (Å²) < 4.78 is 27.1. The first-order valence-corrected chi connectivity index (χ1v) is 7.57. The van der Waals surface area contributed by atoms with Gasteiger partial charge in [0.15, 0.2) is 9.84 Å². The summed E-state index contributed by atoms with van der Waals surface area (Å²) in [6.45, 7) is 0.202. The lowest BCUT2D eigenvalue weighted by Crippen LogP contribution is -2.11. The third-order valence-electron chi connectivity index (χ3n) is 2.05. The number of hydrogen-bond acceptors (Lipinski definition) is 4. The van der Waals surface area contributed by atoms with Gasteiger partial charge >= 0.3 is 0 Å². The number of hydrogen-bond donors (Lipinski definition) is 1. The van der Waals surface area contributed by atoms with Crippen molar-refractivity contribution in [2.75, 3.05) is 25.2 Å². The Balaban J connectivity index is 2.49. The van der Waals surface area contributed by atoms with Gasteiger partial charge in [-0.15, -0.1) is 0 Å². The number of aliphatic hydroxyl groups is 1. The van der Waals surface area contributed by atoms with E-state index in [4.69, 9.17) is 9.84 Å². The molecule has 0 heterocycles. The van der Waals surface area contributed by atoms with Crippen molar-refractivity contribution >= 4 is 9.84 Å². The first kappa shape index (κ1) is 14.6. The lowest BCUT2D eigenvalue weighted by Gasteiger charge is -2.04. The molecule has 0 bridgehead atoms. The van der Waals surface area contributed by atoms with Gasteiger partial charge in [-0.2, -0.15) is 0 Å². The number of sulfone groups is 1. The summed E-state index contributed by atoms with van der Waals surface area (Å²) in [6, 6.07) is 7.07. The quantitative estimate of drug-likeness (QED) is 0.804. The van der Waals surface area contributed by atoms with Crippen molar-refractivity contribution in [3.8, 4) is 17.6 Å². The standard InChI is InChI=1S/C13H16O4S/c1-18(15,16)11-10-17-13-7-5-12(6-8-13)4-2-3-9-14/h5-8,14H,3,9-11H2,1H3. The molecule has 0 saturated heterocycles. The van der Waals surface area contributed by atoms with E-state index in [0.29, 0.717) is 12.2 Å². The first-order valence-electron chi connectivity index (χ1n) is 5.51. The van der Waals surface area contributed by atoms with Crippen LogP contribution in [0.3, 0.4) is 0 Å². The molecule has 98 valence electrons. The van der Waals surface area contributed by atoms with Crippen LogP contribution in [-0.2, 0) is 9.84 Å². The summed E-state index contributed by atoms with van der Waals surface area (Å²) in [5, 5.41) is 8.58. The topological polar surface area (TPSA) is 63.6 Å². The minimum Gasteiger partial charge on any atom is -0.493 e. The third kappa shape index (κ3) is 6.28. The molecule has 0 amide bonds. The smallest absolute Gasteiger partial charge is 0.150 e. The highest BCUT2D eigenvalue weighted by atomic mass is 32.2. The molecule has 0 fully saturated rings. The van der Waals surface area contributed by atoms with Gasteiger partial charge in [0.2, 0.25) is 0 Å². The fourth-order valence-electron chi connectivity index (χ4n) is 1.17. The Labute approximate surface area is 108 Å². The molecular weight excluding hydrogens is 252 g/mol. The third-order valence-corrected chi connectivity index (χ3v) is 2.95. The Kier molecular flexibility index (Phi) is 5.69. The zero-order valence-corrected chi connectivity index (χ0v) is 11.0. The highest BCUT2D eigenvalue weighted by Gasteiger charge is 2.02. The first-order chi connectivity index (χ1) is 8.51. The van der Waals surface area contributed by atoms with Crippen molar-refractivity contribution in [1.29, 1.82) is 0 Å². The zero-order valence-electron chi connectivity index (χ0n) is 10.2. The molecule has 1 rings (SSSR count). The van der Waals surface area contributed by atoms with E-state index >= 15 is 0 Å². The Bertz CT molecular complexity index is 520. The molecule has 0 atom stereocenters. The zero-order chi connectivity index (χ0) is 13.4. The SMILES string of the molecule is CS(=O)(=O)CCOc1ccc(C#CCCO)cc1. The van der Waals surface area contributed by atoms with Crippen LogP contribution in [-0.4, -0.2) is 38.7 Å². The molecule has 18 heavy (non-hydrogen) atoms. The molecule has 0 spiro atoms. The molecule has 0 unspecified atom stereocenters. The van der Waals surface area contributed by atoms with Crippen LogP contribution in [0.4, 0.5) is 0 Å². The van der Waals surface area contributed by atoms with Crippen molar-refractivity contribution in [2.45, 2.75) is 6.42 Å². The average molecular weight is 268 g/mol. The van der Waals surface area contributed by atoms with Crippen LogP contribution in [0.25, 0.3) is 0 Å². The molecule has 4 nitrogen and oxygen atoms in total. The molecule has 5 heteroatoms. The molecule has 0 aliphatic rings. The second-order valence-corrected chi connectivity index (χ2v) is 6.04. The number of benzene rings is 1. The molecular formula is C13H16O4S. The van der Waals surface area contributed by atoms with Crippen molar-refractivity contribution in [3.05, 3.63) is 29.8 Å². The highest BCUT2D eigenvalue weighted by Crippen LogP contribution is 2.11. The van der Waals surface area contributed by atoms with E-state index < -0.39 is 9.84 Å². The molecule has 0 aliphatic heterocycles. The maximum atomic E-state index is 10.9. The Morgan fingerprint density at radius 2 is 1.94 bits per heavy atom. The molecule has 0 radical (unpaired) electrons. The summed E-state index contributed by atoms with van der Waals surface area (Å²) >= 11 is 0. The fourth-order valence-corrected chi connectivity index (χ4v) is 1.55. The largest absolute Gasteiger partial charge is 0.493 e. The van der Waals surface area contributed by atoms with Gasteiger partial charge in [-0.25, -0.2) is 8.42 Å². The number of ether oxygens (including phenoxy) is 1. The molecule has 1 aromatic carbocycles. The summed E-state index contributed by atoms with van der Waals surface area (Å²) in [7, 11) is -2.99. The van der Waals surface area contributed by atoms with Gasteiger partial charge in [0, 0.05) is 18.2 Å². The van der Waals surface area contributed by atoms with Gasteiger partial charge in [0.25, 0.3) is 0 Å². The van der Waals surface area contributed by atoms with Gasteiger partial charge in [-0.3, -0.25) is 0 Å². The van der Waals surface area contributed by atoms with Crippen LogP contribution in [0.15, 0.2) is 24.3 Å². The summed E-state index contributed by atoms with van der Waals surface area (Å²) in [5.41, 5.74) is 0.832. The summed E-state index contributed by atoms with van der Waals surface area (Å²) in [6.07, 6.45) is 1.63. The number of aliphatic hydroxyl groups excluding tert-OH is 1. The van der Waals surface area contributed by atoms with Crippen molar-refractivity contribution in [2.24, 2.45) is 0 Å². The van der Waals surface area contributed by atoms with E-state index in [1.165, 1.54) is 6.26 Å². The predicted molar refractivity (Wildman–Crippen MR) is 70.2 cm³/mol. The van der Waals surface area contributed by atoms with Crippen molar-refractivity contribution in [1.82, 2.24) is 0 Å². The van der Waals surface area contributed by atoms with Gasteiger partial charge in [-0.1, -0.05) is 11.8 Å². The molecule has 0 saturated carbocycles. The second kappa shape index (κ2) is 7.04. The van der Waals surface area contributed by atoms with Crippen LogP contribution < -0.4 is 4.74 Å². The molecule has 0 aliphatic carbocycles. The Morgan fingerprint density at radius 3 is 2.50 bits per heavy atom. The van der Waals surface area contributed by atoms with Crippen LogP contribution in [0.2, 0.25) is 0 Å². The van der Waals surface area contributed by atoms with E-state index in [9.17, 15) is 8.42 Å². The minimum absolute atomic E-state index is 0.00502. The lowest BCUT2D eigenvalue weighted by atomic mass is 10.2. The Morgan fingerprint density at radius 1 is 1.28 bits per heavy atom. The van der Waals surface area contributed by atoms with E-state index in [0.717, 1.165) is 5.56 Å². The second-order valence-electron chi connectivity index (χ2n) is 3.78. The molecule has 1 N–H and O–H groups in total. The average Bonchev–Trinajstić information content (AvgIpc) is 2.30. The number of rotatable bonds is 5. The van der Waals surface area contributed by atoms with E-state index in [1.54, 1.807) is 24.3 Å². The van der Waals surface area contributed by atoms with Crippen LogP contribution in [0, 0.1) is 11.8 Å². The van der Waals surface area contributed by atoms with Crippen molar-refractivity contribution < 1.29 is 18.3 Å². The van der Waals surface area contributed by atoms with Gasteiger partial charge in [0.1, 0.15) is 12.4 Å². The monoisotopic (exact) mass is 268 g/mol. The molecule has 0 aromatic heterocycles. The van der Waals surface area contributed by atoms with Crippen LogP contribution >= 0.6 is 0 Å². The fraction of sp³-hybridized carbons (Fsp3) is 0.385. The van der Waals surface area contributed by atoms with E-state index in [1.807, 2.05) is 0 Å². The maximum Gasteiger partial charge on any atom is 0.150 e. The minimum atomic E-state index is -2.99.